The molecule has 0 saturated carbocycles. The van der Waals surface area contributed by atoms with Crippen molar-refractivity contribution in [1.82, 2.24) is 4.90 Å². The predicted octanol–water partition coefficient (Wildman–Crippen LogP) is 1.15. The van der Waals surface area contributed by atoms with Crippen LogP contribution >= 0.6 is 0 Å². The van der Waals surface area contributed by atoms with E-state index in [0.29, 0.717) is 13.2 Å². The van der Waals surface area contributed by atoms with E-state index in [1.54, 1.807) is 0 Å². The standard InChI is InChI=1S/C14H18FNO5/c1-16(8-13(17)18)14(19)10-3-4-12(15)11(7-10)9-21-6-5-20-2/h3-4,7H,5-6,8-9H2,1-2H3,(H,17,18). The first kappa shape index (κ1) is 17.1. The Labute approximate surface area is 122 Å². The molecule has 7 heteroatoms. The molecule has 0 unspecified atom stereocenters. The van der Waals surface area contributed by atoms with Gasteiger partial charge in [-0.05, 0) is 18.2 Å². The third kappa shape index (κ3) is 5.49. The number of halogens is 1. The quantitative estimate of drug-likeness (QED) is 0.729. The van der Waals surface area contributed by atoms with E-state index in [2.05, 4.69) is 0 Å². The molecule has 0 spiro atoms. The van der Waals surface area contributed by atoms with E-state index in [-0.39, 0.29) is 17.7 Å². The summed E-state index contributed by atoms with van der Waals surface area (Å²) in [6, 6.07) is 3.84. The zero-order chi connectivity index (χ0) is 15.8. The van der Waals surface area contributed by atoms with Crippen LogP contribution in [0, 0.1) is 5.82 Å². The van der Waals surface area contributed by atoms with E-state index in [1.165, 1.54) is 26.3 Å². The molecule has 21 heavy (non-hydrogen) atoms. The third-order valence-corrected chi connectivity index (χ3v) is 2.70. The van der Waals surface area contributed by atoms with Gasteiger partial charge in [0.05, 0.1) is 19.8 Å². The lowest BCUT2D eigenvalue weighted by molar-refractivity contribution is -0.137. The Bertz CT molecular complexity index is 506. The van der Waals surface area contributed by atoms with Crippen molar-refractivity contribution >= 4 is 11.9 Å². The number of carbonyl (C=O) groups excluding carboxylic acids is 1. The normalized spacial score (nSPS) is 10.4. The summed E-state index contributed by atoms with van der Waals surface area (Å²) in [5.74, 6) is -2.09. The summed E-state index contributed by atoms with van der Waals surface area (Å²) in [4.78, 5) is 23.6. The zero-order valence-electron chi connectivity index (χ0n) is 12.0. The van der Waals surface area contributed by atoms with E-state index in [1.807, 2.05) is 0 Å². The number of amides is 1. The fraction of sp³-hybridized carbons (Fsp3) is 0.429. The van der Waals surface area contributed by atoms with Gasteiger partial charge in [0.1, 0.15) is 12.4 Å². The van der Waals surface area contributed by atoms with E-state index < -0.39 is 24.2 Å². The molecule has 1 aromatic rings. The highest BCUT2D eigenvalue weighted by molar-refractivity contribution is 5.95. The lowest BCUT2D eigenvalue weighted by Gasteiger charge is -2.15. The van der Waals surface area contributed by atoms with Crippen molar-refractivity contribution in [3.05, 3.63) is 35.1 Å². The van der Waals surface area contributed by atoms with Gasteiger partial charge in [0.25, 0.3) is 5.91 Å². The number of carboxylic acids is 1. The molecule has 1 N–H and O–H groups in total. The van der Waals surface area contributed by atoms with Gasteiger partial charge < -0.3 is 19.5 Å². The topological polar surface area (TPSA) is 76.1 Å². The Balaban J connectivity index is 2.75. The van der Waals surface area contributed by atoms with Gasteiger partial charge in [-0.25, -0.2) is 4.39 Å². The number of benzene rings is 1. The Kier molecular flexibility index (Phi) is 6.77. The maximum atomic E-state index is 13.6. The van der Waals surface area contributed by atoms with Crippen molar-refractivity contribution in [3.8, 4) is 0 Å². The number of carboxylic acid groups (broad SMARTS) is 1. The van der Waals surface area contributed by atoms with Crippen LogP contribution in [-0.4, -0.2) is 55.8 Å². The lowest BCUT2D eigenvalue weighted by atomic mass is 10.1. The van der Waals surface area contributed by atoms with Crippen LogP contribution in [0.4, 0.5) is 4.39 Å². The second-order valence-electron chi connectivity index (χ2n) is 4.41. The summed E-state index contributed by atoms with van der Waals surface area (Å²) in [5, 5.41) is 8.66. The number of ether oxygens (including phenoxy) is 2. The Morgan fingerprint density at radius 3 is 2.67 bits per heavy atom. The number of rotatable bonds is 8. The van der Waals surface area contributed by atoms with Crippen LogP contribution in [0.15, 0.2) is 18.2 Å². The van der Waals surface area contributed by atoms with Crippen molar-refractivity contribution in [2.24, 2.45) is 0 Å². The van der Waals surface area contributed by atoms with Crippen molar-refractivity contribution < 1.29 is 28.6 Å². The molecule has 6 nitrogen and oxygen atoms in total. The first-order valence-electron chi connectivity index (χ1n) is 6.28. The van der Waals surface area contributed by atoms with Crippen molar-refractivity contribution in [2.45, 2.75) is 6.61 Å². The van der Waals surface area contributed by atoms with Crippen LogP contribution in [0.1, 0.15) is 15.9 Å². The highest BCUT2D eigenvalue weighted by Crippen LogP contribution is 2.13. The van der Waals surface area contributed by atoms with E-state index >= 15 is 0 Å². The number of aliphatic carboxylic acids is 1. The first-order chi connectivity index (χ1) is 9.95. The van der Waals surface area contributed by atoms with Crippen LogP contribution in [0.25, 0.3) is 0 Å². The van der Waals surface area contributed by atoms with Gasteiger partial charge in [-0.2, -0.15) is 0 Å². The molecule has 0 atom stereocenters. The molecule has 1 rings (SSSR count). The number of hydrogen-bond acceptors (Lipinski definition) is 4. The van der Waals surface area contributed by atoms with Gasteiger partial charge in [0.2, 0.25) is 0 Å². The summed E-state index contributed by atoms with van der Waals surface area (Å²) in [6.45, 7) is 0.295. The number of nitrogens with zero attached hydrogens (tertiary/aromatic N) is 1. The Hall–Kier alpha value is -1.99. The fourth-order valence-electron chi connectivity index (χ4n) is 1.64. The van der Waals surface area contributed by atoms with Crippen molar-refractivity contribution in [1.29, 1.82) is 0 Å². The number of methoxy groups -OCH3 is 1. The third-order valence-electron chi connectivity index (χ3n) is 2.70. The average molecular weight is 299 g/mol. The smallest absolute Gasteiger partial charge is 0.323 e. The predicted molar refractivity (Wildman–Crippen MR) is 72.5 cm³/mol. The number of likely N-dealkylation sites (N-methyl/N-ethyl adjacent to an activating group) is 1. The molecule has 0 aliphatic carbocycles. The molecule has 0 saturated heterocycles. The maximum Gasteiger partial charge on any atom is 0.323 e. The van der Waals surface area contributed by atoms with Crippen molar-refractivity contribution in [2.75, 3.05) is 33.9 Å². The minimum absolute atomic E-state index is 0.0129. The largest absolute Gasteiger partial charge is 0.480 e. The molecule has 0 radical (unpaired) electrons. The van der Waals surface area contributed by atoms with E-state index in [0.717, 1.165) is 11.0 Å². The van der Waals surface area contributed by atoms with Gasteiger partial charge in [-0.1, -0.05) is 0 Å². The average Bonchev–Trinajstić information content (AvgIpc) is 2.43. The Morgan fingerprint density at radius 2 is 2.05 bits per heavy atom. The van der Waals surface area contributed by atoms with Crippen LogP contribution in [0.5, 0.6) is 0 Å². The van der Waals surface area contributed by atoms with Crippen molar-refractivity contribution in [3.63, 3.8) is 0 Å². The van der Waals surface area contributed by atoms with Crippen LogP contribution < -0.4 is 0 Å². The highest BCUT2D eigenvalue weighted by Gasteiger charge is 2.16. The number of carbonyl (C=O) groups is 2. The van der Waals surface area contributed by atoms with E-state index in [4.69, 9.17) is 14.6 Å². The van der Waals surface area contributed by atoms with Gasteiger partial charge in [0, 0.05) is 25.3 Å². The zero-order valence-corrected chi connectivity index (χ0v) is 12.0. The monoisotopic (exact) mass is 299 g/mol. The molecule has 116 valence electrons. The molecule has 0 fully saturated rings. The summed E-state index contributed by atoms with van der Waals surface area (Å²) in [5.41, 5.74) is 0.450. The molecule has 0 aliphatic rings. The lowest BCUT2D eigenvalue weighted by Crippen LogP contribution is -2.32. The van der Waals surface area contributed by atoms with Crippen LogP contribution in [-0.2, 0) is 20.9 Å². The fourth-order valence-corrected chi connectivity index (χ4v) is 1.64. The molecular formula is C14H18FNO5. The molecule has 1 aromatic carbocycles. The van der Waals surface area contributed by atoms with E-state index in [9.17, 15) is 14.0 Å². The number of hydrogen-bond donors (Lipinski definition) is 1. The minimum Gasteiger partial charge on any atom is -0.480 e. The van der Waals surface area contributed by atoms with Gasteiger partial charge in [-0.3, -0.25) is 9.59 Å². The second kappa shape index (κ2) is 8.33. The van der Waals surface area contributed by atoms with Crippen LogP contribution in [0.2, 0.25) is 0 Å². The molecule has 0 aromatic heterocycles. The van der Waals surface area contributed by atoms with Gasteiger partial charge >= 0.3 is 5.97 Å². The Morgan fingerprint density at radius 1 is 1.33 bits per heavy atom. The molecule has 0 aliphatic heterocycles. The molecule has 1 amide bonds. The summed E-state index contributed by atoms with van der Waals surface area (Å²) in [7, 11) is 2.90. The summed E-state index contributed by atoms with van der Waals surface area (Å²) < 4.78 is 23.6. The maximum absolute atomic E-state index is 13.6. The molecule has 0 heterocycles. The first-order valence-corrected chi connectivity index (χ1v) is 6.28. The van der Waals surface area contributed by atoms with Gasteiger partial charge in [0.15, 0.2) is 0 Å². The SMILES string of the molecule is COCCOCc1cc(C(=O)N(C)CC(=O)O)ccc1F. The van der Waals surface area contributed by atoms with Crippen LogP contribution in [0.3, 0.4) is 0 Å². The highest BCUT2D eigenvalue weighted by atomic mass is 19.1. The molecule has 0 bridgehead atoms. The summed E-state index contributed by atoms with van der Waals surface area (Å²) >= 11 is 0. The second-order valence-corrected chi connectivity index (χ2v) is 4.41. The molecular weight excluding hydrogens is 281 g/mol. The minimum atomic E-state index is -1.11. The van der Waals surface area contributed by atoms with Gasteiger partial charge in [-0.15, -0.1) is 0 Å². The summed E-state index contributed by atoms with van der Waals surface area (Å²) in [6.07, 6.45) is 0.